The summed E-state index contributed by atoms with van der Waals surface area (Å²) in [5, 5.41) is 4.27. The van der Waals surface area contributed by atoms with Crippen molar-refractivity contribution in [2.24, 2.45) is 0 Å². The van der Waals surface area contributed by atoms with Crippen LogP contribution in [0.3, 0.4) is 0 Å². The zero-order valence-electron chi connectivity index (χ0n) is 19.3. The zero-order chi connectivity index (χ0) is 23.0. The molecule has 6 nitrogen and oxygen atoms in total. The number of amides is 2. The van der Waals surface area contributed by atoms with Crippen LogP contribution in [0.15, 0.2) is 54.6 Å². The van der Waals surface area contributed by atoms with Gasteiger partial charge in [-0.05, 0) is 56.5 Å². The molecule has 2 heterocycles. The van der Waals surface area contributed by atoms with E-state index in [1.54, 1.807) is 4.90 Å². The maximum Gasteiger partial charge on any atom is 0.271 e. The minimum absolute atomic E-state index is 0.0721. The standard InChI is InChI=1S/C27H31N3O3/c1-3-33-22-14-12-19(13-15-22)17-30-25(31)24-16-20-8-4-7-11-23(20)29(24)18-27(30,2)26(32)28-21-9-5-6-10-21/h4,7-8,11-16,21H,3,5-6,9-10,17-18H2,1-2H3,(H,28,32)/t27-/m0/s1. The van der Waals surface area contributed by atoms with E-state index in [2.05, 4.69) is 5.32 Å². The molecule has 2 amide bonds. The van der Waals surface area contributed by atoms with Crippen molar-refractivity contribution in [3.63, 3.8) is 0 Å². The highest BCUT2D eigenvalue weighted by Crippen LogP contribution is 2.34. The number of aromatic nitrogens is 1. The fraction of sp³-hybridized carbons (Fsp3) is 0.407. The maximum absolute atomic E-state index is 13.8. The summed E-state index contributed by atoms with van der Waals surface area (Å²) in [6, 6.07) is 17.9. The van der Waals surface area contributed by atoms with Gasteiger partial charge in [0.05, 0.1) is 13.2 Å². The van der Waals surface area contributed by atoms with Crippen LogP contribution >= 0.6 is 0 Å². The van der Waals surface area contributed by atoms with Gasteiger partial charge in [-0.15, -0.1) is 0 Å². The molecule has 1 atom stereocenters. The molecule has 5 rings (SSSR count). The lowest BCUT2D eigenvalue weighted by Gasteiger charge is -2.44. The van der Waals surface area contributed by atoms with E-state index in [4.69, 9.17) is 4.74 Å². The van der Waals surface area contributed by atoms with Gasteiger partial charge in [-0.3, -0.25) is 9.59 Å². The number of carbonyl (C=O) groups excluding carboxylic acids is 2. The van der Waals surface area contributed by atoms with Crippen molar-refractivity contribution in [2.75, 3.05) is 6.61 Å². The minimum atomic E-state index is -0.993. The number of fused-ring (bicyclic) bond motifs is 3. The van der Waals surface area contributed by atoms with Crippen LogP contribution < -0.4 is 10.1 Å². The Morgan fingerprint density at radius 1 is 1.12 bits per heavy atom. The number of carbonyl (C=O) groups is 2. The van der Waals surface area contributed by atoms with E-state index in [0.717, 1.165) is 47.9 Å². The number of benzene rings is 2. The van der Waals surface area contributed by atoms with Crippen molar-refractivity contribution in [2.45, 2.75) is 64.2 Å². The van der Waals surface area contributed by atoms with Gasteiger partial charge in [0.1, 0.15) is 17.0 Å². The molecule has 1 aliphatic carbocycles. The van der Waals surface area contributed by atoms with E-state index in [1.807, 2.05) is 73.0 Å². The first-order valence-corrected chi connectivity index (χ1v) is 11.9. The molecule has 0 saturated heterocycles. The number of ether oxygens (including phenoxy) is 1. The molecule has 33 heavy (non-hydrogen) atoms. The summed E-state index contributed by atoms with van der Waals surface area (Å²) in [5.41, 5.74) is 1.60. The molecule has 1 saturated carbocycles. The molecule has 172 valence electrons. The lowest BCUT2D eigenvalue weighted by Crippen LogP contribution is -2.64. The largest absolute Gasteiger partial charge is 0.494 e. The SMILES string of the molecule is CCOc1ccc(CN2C(=O)c3cc4ccccc4n3C[C@@]2(C)C(=O)NC2CCCC2)cc1. The highest BCUT2D eigenvalue weighted by Gasteiger charge is 2.48. The topological polar surface area (TPSA) is 63.6 Å². The molecule has 0 radical (unpaired) electrons. The molecule has 0 unspecified atom stereocenters. The second-order valence-corrected chi connectivity index (χ2v) is 9.37. The van der Waals surface area contributed by atoms with Crippen LogP contribution in [-0.4, -0.2) is 39.5 Å². The number of nitrogens with zero attached hydrogens (tertiary/aromatic N) is 2. The molecule has 2 aliphatic rings. The second kappa shape index (κ2) is 8.58. The third-order valence-electron chi connectivity index (χ3n) is 7.09. The predicted molar refractivity (Wildman–Crippen MR) is 128 cm³/mol. The first-order chi connectivity index (χ1) is 16.0. The first-order valence-electron chi connectivity index (χ1n) is 11.9. The number of hydrogen-bond acceptors (Lipinski definition) is 3. The Hall–Kier alpha value is -3.28. The summed E-state index contributed by atoms with van der Waals surface area (Å²) < 4.78 is 7.57. The Bertz CT molecular complexity index is 1180. The predicted octanol–water partition coefficient (Wildman–Crippen LogP) is 4.51. The molecule has 6 heteroatoms. The van der Waals surface area contributed by atoms with E-state index in [0.29, 0.717) is 25.4 Å². The number of hydrogen-bond donors (Lipinski definition) is 1. The Morgan fingerprint density at radius 2 is 1.85 bits per heavy atom. The molecule has 0 spiro atoms. The maximum atomic E-state index is 13.8. The Kier molecular flexibility index (Phi) is 5.60. The summed E-state index contributed by atoms with van der Waals surface area (Å²) in [5.74, 6) is 0.612. The monoisotopic (exact) mass is 445 g/mol. The van der Waals surface area contributed by atoms with Crippen LogP contribution in [0.1, 0.15) is 55.6 Å². The van der Waals surface area contributed by atoms with Crippen molar-refractivity contribution < 1.29 is 14.3 Å². The van der Waals surface area contributed by atoms with E-state index >= 15 is 0 Å². The van der Waals surface area contributed by atoms with Crippen molar-refractivity contribution in [3.8, 4) is 5.75 Å². The zero-order valence-corrected chi connectivity index (χ0v) is 19.3. The third kappa shape index (κ3) is 3.88. The van der Waals surface area contributed by atoms with Crippen molar-refractivity contribution in [1.82, 2.24) is 14.8 Å². The fourth-order valence-electron chi connectivity index (χ4n) is 5.21. The van der Waals surface area contributed by atoms with Gasteiger partial charge in [0.15, 0.2) is 0 Å². The van der Waals surface area contributed by atoms with Crippen LogP contribution in [0.5, 0.6) is 5.75 Å². The molecule has 2 aromatic carbocycles. The second-order valence-electron chi connectivity index (χ2n) is 9.37. The van der Waals surface area contributed by atoms with E-state index < -0.39 is 5.54 Å². The molecule has 0 bridgehead atoms. The van der Waals surface area contributed by atoms with E-state index in [9.17, 15) is 9.59 Å². The lowest BCUT2D eigenvalue weighted by atomic mass is 9.93. The highest BCUT2D eigenvalue weighted by atomic mass is 16.5. The number of para-hydroxylation sites is 1. The van der Waals surface area contributed by atoms with Gasteiger partial charge in [-0.25, -0.2) is 0 Å². The van der Waals surface area contributed by atoms with Gasteiger partial charge in [0.25, 0.3) is 5.91 Å². The Labute approximate surface area is 194 Å². The molecule has 1 aliphatic heterocycles. The first kappa shape index (κ1) is 21.6. The molecule has 1 aromatic heterocycles. The van der Waals surface area contributed by atoms with Crippen molar-refractivity contribution in [3.05, 3.63) is 65.9 Å². The van der Waals surface area contributed by atoms with Gasteiger partial charge >= 0.3 is 0 Å². The van der Waals surface area contributed by atoms with Crippen molar-refractivity contribution in [1.29, 1.82) is 0 Å². The average molecular weight is 446 g/mol. The molecule has 3 aromatic rings. The lowest BCUT2D eigenvalue weighted by molar-refractivity contribution is -0.133. The van der Waals surface area contributed by atoms with Gasteiger partial charge in [0.2, 0.25) is 5.91 Å². The van der Waals surface area contributed by atoms with Crippen LogP contribution in [0.2, 0.25) is 0 Å². The number of rotatable bonds is 6. The summed E-state index contributed by atoms with van der Waals surface area (Å²) in [6.07, 6.45) is 4.30. The summed E-state index contributed by atoms with van der Waals surface area (Å²) in [7, 11) is 0. The molecule has 1 fully saturated rings. The quantitative estimate of drug-likeness (QED) is 0.607. The summed E-state index contributed by atoms with van der Waals surface area (Å²) in [4.78, 5) is 29.3. The molecular formula is C27H31N3O3. The fourth-order valence-corrected chi connectivity index (χ4v) is 5.21. The van der Waals surface area contributed by atoms with Crippen LogP contribution in [0.25, 0.3) is 10.9 Å². The summed E-state index contributed by atoms with van der Waals surface area (Å²) in [6.45, 7) is 5.25. The van der Waals surface area contributed by atoms with Gasteiger partial charge in [-0.2, -0.15) is 0 Å². The smallest absolute Gasteiger partial charge is 0.271 e. The normalized spacial score (nSPS) is 20.8. The van der Waals surface area contributed by atoms with Gasteiger partial charge < -0.3 is 19.5 Å². The van der Waals surface area contributed by atoms with Crippen LogP contribution in [-0.2, 0) is 17.9 Å². The highest BCUT2D eigenvalue weighted by molar-refractivity contribution is 6.03. The minimum Gasteiger partial charge on any atom is -0.494 e. The third-order valence-corrected chi connectivity index (χ3v) is 7.09. The Morgan fingerprint density at radius 3 is 2.58 bits per heavy atom. The molecule has 1 N–H and O–H groups in total. The van der Waals surface area contributed by atoms with E-state index in [1.165, 1.54) is 0 Å². The van der Waals surface area contributed by atoms with E-state index in [-0.39, 0.29) is 17.9 Å². The average Bonchev–Trinajstić information content (AvgIpc) is 3.46. The number of nitrogens with one attached hydrogen (secondary N) is 1. The molecular weight excluding hydrogens is 414 g/mol. The Balaban J connectivity index is 1.52. The summed E-state index contributed by atoms with van der Waals surface area (Å²) >= 11 is 0. The van der Waals surface area contributed by atoms with Crippen molar-refractivity contribution >= 4 is 22.7 Å². The van der Waals surface area contributed by atoms with Crippen LogP contribution in [0.4, 0.5) is 0 Å². The van der Waals surface area contributed by atoms with Gasteiger partial charge in [0, 0.05) is 23.5 Å². The van der Waals surface area contributed by atoms with Crippen LogP contribution in [0, 0.1) is 0 Å². The van der Waals surface area contributed by atoms with Gasteiger partial charge in [-0.1, -0.05) is 43.2 Å².